The minimum absolute atomic E-state index is 0.0256. The van der Waals surface area contributed by atoms with Crippen molar-refractivity contribution in [2.24, 2.45) is 5.41 Å². The van der Waals surface area contributed by atoms with Gasteiger partial charge in [0.2, 0.25) is 0 Å². The van der Waals surface area contributed by atoms with Crippen LogP contribution in [0.4, 0.5) is 0 Å². The number of alkyl halides is 1. The van der Waals surface area contributed by atoms with Crippen molar-refractivity contribution in [2.45, 2.75) is 59.5 Å². The van der Waals surface area contributed by atoms with Gasteiger partial charge in [0.15, 0.2) is 0 Å². The Balaban J connectivity index is 4.19. The average molecular weight is 265 g/mol. The van der Waals surface area contributed by atoms with Crippen LogP contribution in [0.1, 0.15) is 53.9 Å². The van der Waals surface area contributed by atoms with Gasteiger partial charge < -0.3 is 4.74 Å². The highest BCUT2D eigenvalue weighted by Crippen LogP contribution is 2.31. The third-order valence-electron chi connectivity index (χ3n) is 3.40. The van der Waals surface area contributed by atoms with Crippen LogP contribution in [0.3, 0.4) is 0 Å². The summed E-state index contributed by atoms with van der Waals surface area (Å²) >= 11 is 3.60. The monoisotopic (exact) mass is 264 g/mol. The van der Waals surface area contributed by atoms with Gasteiger partial charge in [0.25, 0.3) is 0 Å². The van der Waals surface area contributed by atoms with Crippen molar-refractivity contribution in [1.82, 2.24) is 0 Å². The summed E-state index contributed by atoms with van der Waals surface area (Å²) in [6, 6.07) is 0. The van der Waals surface area contributed by atoms with Crippen LogP contribution < -0.4 is 0 Å². The second-order valence-corrected chi connectivity index (χ2v) is 5.30. The highest BCUT2D eigenvalue weighted by Gasteiger charge is 2.28. The van der Waals surface area contributed by atoms with Crippen molar-refractivity contribution in [2.75, 3.05) is 11.9 Å². The molecule has 2 heteroatoms. The molecule has 86 valence electrons. The summed E-state index contributed by atoms with van der Waals surface area (Å²) in [6.07, 6.45) is 3.42. The van der Waals surface area contributed by atoms with Crippen molar-refractivity contribution >= 4 is 15.9 Å². The number of ether oxygens (including phenoxy) is 1. The second kappa shape index (κ2) is 6.12. The Hall–Kier alpha value is 0.440. The van der Waals surface area contributed by atoms with Gasteiger partial charge in [0.05, 0.1) is 12.2 Å². The molecule has 0 rings (SSSR count). The van der Waals surface area contributed by atoms with Crippen LogP contribution in [0, 0.1) is 5.41 Å². The summed E-state index contributed by atoms with van der Waals surface area (Å²) in [6.45, 7) is 11.9. The Bertz CT molecular complexity index is 142. The highest BCUT2D eigenvalue weighted by molar-refractivity contribution is 9.09. The molecule has 0 fully saturated rings. The molecule has 0 saturated heterocycles. The fourth-order valence-electron chi connectivity index (χ4n) is 1.13. The summed E-state index contributed by atoms with van der Waals surface area (Å²) in [5.41, 5.74) is 0.351. The van der Waals surface area contributed by atoms with Crippen LogP contribution in [-0.4, -0.2) is 17.5 Å². The quantitative estimate of drug-likeness (QED) is 0.620. The maximum atomic E-state index is 5.99. The van der Waals surface area contributed by atoms with Gasteiger partial charge in [-0.15, -0.1) is 0 Å². The first-order valence-corrected chi connectivity index (χ1v) is 6.77. The Kier molecular flexibility index (Phi) is 6.31. The first-order chi connectivity index (χ1) is 6.45. The molecule has 0 aliphatic rings. The van der Waals surface area contributed by atoms with E-state index in [2.05, 4.69) is 50.5 Å². The van der Waals surface area contributed by atoms with E-state index in [1.54, 1.807) is 0 Å². The summed E-state index contributed by atoms with van der Waals surface area (Å²) in [7, 11) is 0. The minimum Gasteiger partial charge on any atom is -0.375 e. The predicted molar refractivity (Wildman–Crippen MR) is 67.1 cm³/mol. The largest absolute Gasteiger partial charge is 0.375 e. The molecule has 0 aliphatic carbocycles. The van der Waals surface area contributed by atoms with Crippen LogP contribution in [0.25, 0.3) is 0 Å². The molecule has 0 N–H and O–H groups in total. The first kappa shape index (κ1) is 14.4. The van der Waals surface area contributed by atoms with E-state index in [1.165, 1.54) is 12.8 Å². The van der Waals surface area contributed by atoms with Crippen molar-refractivity contribution in [3.8, 4) is 0 Å². The molecule has 0 atom stereocenters. The number of rotatable bonds is 7. The van der Waals surface area contributed by atoms with Crippen LogP contribution in [-0.2, 0) is 4.74 Å². The molecule has 0 bridgehead atoms. The fourth-order valence-corrected chi connectivity index (χ4v) is 2.09. The zero-order chi connectivity index (χ0) is 11.2. The molecule has 0 saturated carbocycles. The lowest BCUT2D eigenvalue weighted by molar-refractivity contribution is -0.0610. The van der Waals surface area contributed by atoms with Crippen LogP contribution in [0.5, 0.6) is 0 Å². The number of hydrogen-bond donors (Lipinski definition) is 0. The molecule has 1 nitrogen and oxygen atoms in total. The third-order valence-corrected chi connectivity index (χ3v) is 4.59. The zero-order valence-corrected chi connectivity index (χ0v) is 11.9. The summed E-state index contributed by atoms with van der Waals surface area (Å²) < 4.78 is 5.99. The van der Waals surface area contributed by atoms with Gasteiger partial charge >= 0.3 is 0 Å². The van der Waals surface area contributed by atoms with Gasteiger partial charge in [0, 0.05) is 10.7 Å². The van der Waals surface area contributed by atoms with Gasteiger partial charge in [-0.05, 0) is 33.1 Å². The number of halogens is 1. The van der Waals surface area contributed by atoms with E-state index in [-0.39, 0.29) is 5.60 Å². The Morgan fingerprint density at radius 2 is 1.50 bits per heavy atom. The average Bonchev–Trinajstić information content (AvgIpc) is 2.21. The number of hydrogen-bond acceptors (Lipinski definition) is 1. The molecule has 0 amide bonds. The lowest BCUT2D eigenvalue weighted by atomic mass is 9.85. The molecule has 0 aliphatic heterocycles. The molecule has 0 heterocycles. The molecule has 0 spiro atoms. The highest BCUT2D eigenvalue weighted by atomic mass is 79.9. The topological polar surface area (TPSA) is 9.23 Å². The van der Waals surface area contributed by atoms with Gasteiger partial charge in [-0.2, -0.15) is 0 Å². The Morgan fingerprint density at radius 1 is 1.00 bits per heavy atom. The van der Waals surface area contributed by atoms with Crippen molar-refractivity contribution < 1.29 is 4.74 Å². The van der Waals surface area contributed by atoms with Crippen LogP contribution in [0.2, 0.25) is 0 Å². The lowest BCUT2D eigenvalue weighted by Gasteiger charge is -2.34. The normalized spacial score (nSPS) is 13.3. The SMILES string of the molecule is CCC(CC)(CBr)COC(C)(C)CC. The summed E-state index contributed by atoms with van der Waals surface area (Å²) in [5.74, 6) is 0. The van der Waals surface area contributed by atoms with Crippen molar-refractivity contribution in [3.63, 3.8) is 0 Å². The van der Waals surface area contributed by atoms with Gasteiger partial charge in [-0.3, -0.25) is 0 Å². The second-order valence-electron chi connectivity index (χ2n) is 4.74. The van der Waals surface area contributed by atoms with E-state index in [1.807, 2.05) is 0 Å². The van der Waals surface area contributed by atoms with E-state index in [0.29, 0.717) is 5.41 Å². The third kappa shape index (κ3) is 4.31. The fraction of sp³-hybridized carbons (Fsp3) is 1.00. The summed E-state index contributed by atoms with van der Waals surface area (Å²) in [4.78, 5) is 0. The molecule has 0 aromatic heterocycles. The first-order valence-electron chi connectivity index (χ1n) is 5.65. The molecule has 0 unspecified atom stereocenters. The van der Waals surface area contributed by atoms with Gasteiger partial charge in [-0.1, -0.05) is 36.7 Å². The minimum atomic E-state index is 0.0256. The van der Waals surface area contributed by atoms with Crippen LogP contribution >= 0.6 is 15.9 Å². The van der Waals surface area contributed by atoms with E-state index in [4.69, 9.17) is 4.74 Å². The maximum absolute atomic E-state index is 5.99. The summed E-state index contributed by atoms with van der Waals surface area (Å²) in [5, 5.41) is 1.03. The lowest BCUT2D eigenvalue weighted by Crippen LogP contribution is -2.34. The van der Waals surface area contributed by atoms with E-state index < -0.39 is 0 Å². The van der Waals surface area contributed by atoms with Gasteiger partial charge in [-0.25, -0.2) is 0 Å². The molecule has 0 aromatic carbocycles. The molecular formula is C12H25BrO. The standard InChI is InChI=1S/C12H25BrO/c1-6-11(4,5)14-10-12(7-2,8-3)9-13/h6-10H2,1-5H3. The Morgan fingerprint density at radius 3 is 1.79 bits per heavy atom. The smallest absolute Gasteiger partial charge is 0.0624 e. The van der Waals surface area contributed by atoms with E-state index >= 15 is 0 Å². The molecule has 14 heavy (non-hydrogen) atoms. The molecule has 0 aromatic rings. The zero-order valence-electron chi connectivity index (χ0n) is 10.3. The molecular weight excluding hydrogens is 240 g/mol. The van der Waals surface area contributed by atoms with Crippen LogP contribution in [0.15, 0.2) is 0 Å². The maximum Gasteiger partial charge on any atom is 0.0624 e. The van der Waals surface area contributed by atoms with Gasteiger partial charge in [0.1, 0.15) is 0 Å². The molecule has 0 radical (unpaired) electrons. The van der Waals surface area contributed by atoms with E-state index in [0.717, 1.165) is 18.4 Å². The predicted octanol–water partition coefficient (Wildman–Crippen LogP) is 4.39. The Labute approximate surface area is 97.7 Å². The van der Waals surface area contributed by atoms with Crippen molar-refractivity contribution in [1.29, 1.82) is 0 Å². The van der Waals surface area contributed by atoms with Crippen molar-refractivity contribution in [3.05, 3.63) is 0 Å². The van der Waals surface area contributed by atoms with E-state index in [9.17, 15) is 0 Å².